The van der Waals surface area contributed by atoms with Gasteiger partial charge < -0.3 is 4.90 Å². The van der Waals surface area contributed by atoms with Gasteiger partial charge in [0, 0.05) is 17.5 Å². The Labute approximate surface area is 168 Å². The van der Waals surface area contributed by atoms with Crippen molar-refractivity contribution in [3.8, 4) is 0 Å². The second-order valence-electron chi connectivity index (χ2n) is 5.44. The fourth-order valence-corrected chi connectivity index (χ4v) is 3.15. The number of alkyl halides is 2. The van der Waals surface area contributed by atoms with E-state index in [2.05, 4.69) is 11.6 Å². The number of hydrogen-bond donors (Lipinski definition) is 0. The lowest BCUT2D eigenvalue weighted by Crippen LogP contribution is -2.29. The van der Waals surface area contributed by atoms with Gasteiger partial charge in [-0.3, -0.25) is 4.98 Å². The predicted molar refractivity (Wildman–Crippen MR) is 110 cm³/mol. The van der Waals surface area contributed by atoms with Gasteiger partial charge in [0.15, 0.2) is 0 Å². The van der Waals surface area contributed by atoms with E-state index in [1.54, 1.807) is 12.1 Å². The van der Waals surface area contributed by atoms with Crippen molar-refractivity contribution < 1.29 is 8.78 Å². The molecule has 2 heterocycles. The fraction of sp³-hybridized carbons (Fsp3) is 0.190. The SMILES string of the molecule is C=C1C=CC(c2ccccc2)=C(c2ncc(Cl)cc2Cl)N1CC(F)F.CC. The molecule has 2 nitrogen and oxygen atoms in total. The first-order chi connectivity index (χ1) is 13.0. The quantitative estimate of drug-likeness (QED) is 0.544. The summed E-state index contributed by atoms with van der Waals surface area (Å²) in [6.45, 7) is 7.37. The van der Waals surface area contributed by atoms with Crippen molar-refractivity contribution in [2.75, 3.05) is 6.54 Å². The van der Waals surface area contributed by atoms with Crippen LogP contribution in [0.2, 0.25) is 10.0 Å². The molecule has 1 aliphatic heterocycles. The number of benzene rings is 1. The molecular formula is C21H20Cl2F2N2. The molecule has 0 bridgehead atoms. The number of halogens is 4. The standard InChI is InChI=1S/C19H14Cl2F2N2.C2H6/c1-12-7-8-15(13-5-3-2-4-6-13)19(25(12)11-17(22)23)18-16(21)9-14(20)10-24-18;1-2/h2-10,17H,1,11H2;1-2H3. The average Bonchev–Trinajstić information content (AvgIpc) is 2.66. The zero-order chi connectivity index (χ0) is 20.0. The molecule has 0 fully saturated rings. The number of nitrogens with zero attached hydrogens (tertiary/aromatic N) is 2. The summed E-state index contributed by atoms with van der Waals surface area (Å²) in [5.41, 5.74) is 2.93. The highest BCUT2D eigenvalue weighted by atomic mass is 35.5. The number of pyridine rings is 1. The number of aromatic nitrogens is 1. The third-order valence-electron chi connectivity index (χ3n) is 3.75. The Morgan fingerprint density at radius 1 is 1.11 bits per heavy atom. The van der Waals surface area contributed by atoms with Crippen LogP contribution in [0.5, 0.6) is 0 Å². The maximum atomic E-state index is 13.2. The van der Waals surface area contributed by atoms with E-state index in [1.807, 2.05) is 50.3 Å². The molecule has 2 aromatic rings. The largest absolute Gasteiger partial charge is 0.334 e. The molecule has 0 saturated carbocycles. The second-order valence-corrected chi connectivity index (χ2v) is 6.28. The lowest BCUT2D eigenvalue weighted by molar-refractivity contribution is 0.123. The average molecular weight is 409 g/mol. The molecule has 0 radical (unpaired) electrons. The van der Waals surface area contributed by atoms with Crippen LogP contribution in [0.15, 0.2) is 67.0 Å². The van der Waals surface area contributed by atoms with E-state index in [4.69, 9.17) is 23.2 Å². The molecular weight excluding hydrogens is 389 g/mol. The van der Waals surface area contributed by atoms with Crippen LogP contribution in [0.3, 0.4) is 0 Å². The second kappa shape index (κ2) is 9.67. The van der Waals surface area contributed by atoms with Gasteiger partial charge in [-0.25, -0.2) is 8.78 Å². The molecule has 1 aliphatic rings. The van der Waals surface area contributed by atoms with Crippen molar-refractivity contribution in [3.63, 3.8) is 0 Å². The maximum Gasteiger partial charge on any atom is 0.256 e. The zero-order valence-electron chi connectivity index (χ0n) is 15.1. The van der Waals surface area contributed by atoms with Gasteiger partial charge in [0.25, 0.3) is 6.43 Å². The molecule has 1 aromatic carbocycles. The molecule has 0 atom stereocenters. The summed E-state index contributed by atoms with van der Waals surface area (Å²) in [7, 11) is 0. The van der Waals surface area contributed by atoms with E-state index in [9.17, 15) is 8.78 Å². The predicted octanol–water partition coefficient (Wildman–Crippen LogP) is 6.93. The van der Waals surface area contributed by atoms with Gasteiger partial charge in [-0.1, -0.05) is 80.0 Å². The minimum absolute atomic E-state index is 0.290. The highest BCUT2D eigenvalue weighted by Crippen LogP contribution is 2.38. The molecule has 0 spiro atoms. The van der Waals surface area contributed by atoms with Gasteiger partial charge in [0.1, 0.15) is 5.69 Å². The van der Waals surface area contributed by atoms with Crippen molar-refractivity contribution in [1.82, 2.24) is 9.88 Å². The third-order valence-corrected chi connectivity index (χ3v) is 4.25. The van der Waals surface area contributed by atoms with Crippen LogP contribution in [0.1, 0.15) is 25.1 Å². The normalized spacial score (nSPS) is 13.7. The first-order valence-electron chi connectivity index (χ1n) is 8.51. The number of rotatable bonds is 4. The van der Waals surface area contributed by atoms with Gasteiger partial charge in [0.2, 0.25) is 0 Å². The Hall–Kier alpha value is -2.17. The molecule has 27 heavy (non-hydrogen) atoms. The minimum atomic E-state index is -2.54. The van der Waals surface area contributed by atoms with E-state index >= 15 is 0 Å². The van der Waals surface area contributed by atoms with Crippen molar-refractivity contribution in [3.05, 3.63) is 88.3 Å². The minimum Gasteiger partial charge on any atom is -0.334 e. The summed E-state index contributed by atoms with van der Waals surface area (Å²) in [4.78, 5) is 5.73. The van der Waals surface area contributed by atoms with Crippen molar-refractivity contribution in [1.29, 1.82) is 0 Å². The Bertz CT molecular complexity index is 862. The van der Waals surface area contributed by atoms with Gasteiger partial charge in [-0.15, -0.1) is 0 Å². The summed E-state index contributed by atoms with van der Waals surface area (Å²) in [6.07, 6.45) is 2.45. The Kier molecular flexibility index (Phi) is 7.57. The smallest absolute Gasteiger partial charge is 0.256 e. The summed E-state index contributed by atoms with van der Waals surface area (Å²) >= 11 is 12.2. The van der Waals surface area contributed by atoms with Crippen molar-refractivity contribution in [2.24, 2.45) is 0 Å². The van der Waals surface area contributed by atoms with Crippen molar-refractivity contribution >= 4 is 34.5 Å². The Balaban J connectivity index is 0.00000126. The van der Waals surface area contributed by atoms with E-state index in [1.165, 1.54) is 11.1 Å². The highest BCUT2D eigenvalue weighted by Gasteiger charge is 2.27. The van der Waals surface area contributed by atoms with E-state index in [0.29, 0.717) is 27.1 Å². The fourth-order valence-electron chi connectivity index (χ4n) is 2.68. The molecule has 0 saturated heterocycles. The monoisotopic (exact) mass is 408 g/mol. The number of hydrogen-bond acceptors (Lipinski definition) is 2. The third kappa shape index (κ3) is 4.96. The summed E-state index contributed by atoms with van der Waals surface area (Å²) in [6, 6.07) is 11.0. The first-order valence-corrected chi connectivity index (χ1v) is 9.26. The van der Waals surface area contributed by atoms with Gasteiger partial charge in [-0.05, 0) is 17.7 Å². The molecule has 0 unspecified atom stereocenters. The first kappa shape index (κ1) is 21.1. The maximum absolute atomic E-state index is 13.2. The molecule has 0 aliphatic carbocycles. The van der Waals surface area contributed by atoms with E-state index < -0.39 is 13.0 Å². The molecule has 0 N–H and O–H groups in total. The summed E-state index contributed by atoms with van der Waals surface area (Å²) < 4.78 is 26.3. The van der Waals surface area contributed by atoms with Crippen LogP contribution in [-0.4, -0.2) is 22.9 Å². The highest BCUT2D eigenvalue weighted by molar-refractivity contribution is 6.35. The van der Waals surface area contributed by atoms with E-state index in [-0.39, 0.29) is 0 Å². The van der Waals surface area contributed by atoms with Crippen LogP contribution in [-0.2, 0) is 0 Å². The van der Waals surface area contributed by atoms with Gasteiger partial charge in [0.05, 0.1) is 22.3 Å². The topological polar surface area (TPSA) is 16.1 Å². The summed E-state index contributed by atoms with van der Waals surface area (Å²) in [5, 5.41) is 0.666. The molecule has 6 heteroatoms. The molecule has 1 aromatic heterocycles. The van der Waals surface area contributed by atoms with Gasteiger partial charge >= 0.3 is 0 Å². The van der Waals surface area contributed by atoms with Crippen molar-refractivity contribution in [2.45, 2.75) is 20.3 Å². The van der Waals surface area contributed by atoms with Crippen LogP contribution in [0.4, 0.5) is 8.78 Å². The lowest BCUT2D eigenvalue weighted by atomic mass is 9.97. The van der Waals surface area contributed by atoms with Crippen LogP contribution in [0, 0.1) is 0 Å². The van der Waals surface area contributed by atoms with Gasteiger partial charge in [-0.2, -0.15) is 0 Å². The van der Waals surface area contributed by atoms with Crippen LogP contribution >= 0.6 is 23.2 Å². The molecule has 0 amide bonds. The Morgan fingerprint density at radius 3 is 2.37 bits per heavy atom. The summed E-state index contributed by atoms with van der Waals surface area (Å²) in [5.74, 6) is 0. The number of allylic oxidation sites excluding steroid dienone is 3. The zero-order valence-corrected chi connectivity index (χ0v) is 16.6. The molecule has 3 rings (SSSR count). The lowest BCUT2D eigenvalue weighted by Gasteiger charge is -2.32. The Morgan fingerprint density at radius 2 is 1.78 bits per heavy atom. The molecule has 142 valence electrons. The van der Waals surface area contributed by atoms with E-state index in [0.717, 1.165) is 11.1 Å². The van der Waals surface area contributed by atoms with Crippen LogP contribution < -0.4 is 0 Å². The van der Waals surface area contributed by atoms with Crippen LogP contribution in [0.25, 0.3) is 11.3 Å².